The van der Waals surface area contributed by atoms with Gasteiger partial charge in [0.05, 0.1) is 5.56 Å². The Kier molecular flexibility index (Phi) is 6.19. The fourth-order valence-electron chi connectivity index (χ4n) is 2.70. The maximum Gasteiger partial charge on any atom is 0.287 e. The van der Waals surface area contributed by atoms with Crippen molar-refractivity contribution < 1.29 is 13.6 Å². The number of amides is 1. The fourth-order valence-corrected chi connectivity index (χ4v) is 2.70. The van der Waals surface area contributed by atoms with Gasteiger partial charge in [0.15, 0.2) is 5.76 Å². The molecule has 1 saturated heterocycles. The van der Waals surface area contributed by atoms with Crippen molar-refractivity contribution in [2.24, 2.45) is 5.92 Å². The molecular formula is C17H20ClFN2O2. The van der Waals surface area contributed by atoms with Gasteiger partial charge in [0.25, 0.3) is 5.91 Å². The molecule has 1 aliphatic heterocycles. The van der Waals surface area contributed by atoms with Gasteiger partial charge in [-0.3, -0.25) is 4.79 Å². The van der Waals surface area contributed by atoms with Crippen LogP contribution in [0.25, 0.3) is 11.3 Å². The third-order valence-corrected chi connectivity index (χ3v) is 3.97. The van der Waals surface area contributed by atoms with Gasteiger partial charge >= 0.3 is 0 Å². The summed E-state index contributed by atoms with van der Waals surface area (Å²) < 4.78 is 19.2. The normalized spacial score (nSPS) is 16.8. The Hall–Kier alpha value is -1.85. The van der Waals surface area contributed by atoms with Crippen LogP contribution >= 0.6 is 12.4 Å². The van der Waals surface area contributed by atoms with Gasteiger partial charge in [0.2, 0.25) is 0 Å². The first-order valence-electron chi connectivity index (χ1n) is 7.57. The maximum atomic E-state index is 13.7. The molecule has 1 amide bonds. The maximum absolute atomic E-state index is 13.7. The second kappa shape index (κ2) is 8.13. The predicted octanol–water partition coefficient (Wildman–Crippen LogP) is 3.24. The fraction of sp³-hybridized carbons (Fsp3) is 0.353. The Balaban J connectivity index is 0.00000192. The molecule has 6 heteroatoms. The Morgan fingerprint density at radius 1 is 1.30 bits per heavy atom. The average Bonchev–Trinajstić information content (AvgIpc) is 3.19. The molecule has 1 aromatic carbocycles. The monoisotopic (exact) mass is 338 g/mol. The van der Waals surface area contributed by atoms with E-state index in [1.165, 1.54) is 6.07 Å². The summed E-state index contributed by atoms with van der Waals surface area (Å²) in [6.07, 6.45) is 2.12. The molecule has 1 unspecified atom stereocenters. The van der Waals surface area contributed by atoms with Crippen molar-refractivity contribution in [2.75, 3.05) is 19.6 Å². The Morgan fingerprint density at radius 3 is 2.87 bits per heavy atom. The minimum Gasteiger partial charge on any atom is -0.451 e. The van der Waals surface area contributed by atoms with Gasteiger partial charge in [-0.05, 0) is 56.1 Å². The lowest BCUT2D eigenvalue weighted by Gasteiger charge is -2.08. The predicted molar refractivity (Wildman–Crippen MR) is 89.3 cm³/mol. The highest BCUT2D eigenvalue weighted by molar-refractivity contribution is 5.92. The molecule has 0 radical (unpaired) electrons. The highest BCUT2D eigenvalue weighted by Gasteiger charge is 2.16. The van der Waals surface area contributed by atoms with Gasteiger partial charge in [-0.15, -0.1) is 12.4 Å². The first-order valence-corrected chi connectivity index (χ1v) is 7.57. The van der Waals surface area contributed by atoms with E-state index < -0.39 is 0 Å². The molecule has 1 fully saturated rings. The lowest BCUT2D eigenvalue weighted by molar-refractivity contribution is 0.0924. The van der Waals surface area contributed by atoms with E-state index in [-0.39, 0.29) is 29.9 Å². The Morgan fingerprint density at radius 2 is 2.13 bits per heavy atom. The average molecular weight is 339 g/mol. The third kappa shape index (κ3) is 4.33. The van der Waals surface area contributed by atoms with Crippen molar-refractivity contribution in [3.05, 3.63) is 48.0 Å². The third-order valence-electron chi connectivity index (χ3n) is 3.97. The number of rotatable bonds is 5. The van der Waals surface area contributed by atoms with Gasteiger partial charge < -0.3 is 15.1 Å². The second-order valence-electron chi connectivity index (χ2n) is 5.55. The van der Waals surface area contributed by atoms with Crippen LogP contribution in [-0.2, 0) is 0 Å². The van der Waals surface area contributed by atoms with Crippen molar-refractivity contribution in [1.82, 2.24) is 10.6 Å². The van der Waals surface area contributed by atoms with Crippen molar-refractivity contribution in [3.8, 4) is 11.3 Å². The van der Waals surface area contributed by atoms with Gasteiger partial charge in [-0.2, -0.15) is 0 Å². The molecule has 0 bridgehead atoms. The molecule has 124 valence electrons. The summed E-state index contributed by atoms with van der Waals surface area (Å²) in [4.78, 5) is 12.0. The minimum atomic E-state index is -0.363. The summed E-state index contributed by atoms with van der Waals surface area (Å²) in [5.74, 6) is 0.586. The van der Waals surface area contributed by atoms with Crippen LogP contribution < -0.4 is 10.6 Å². The van der Waals surface area contributed by atoms with Gasteiger partial charge in [0.1, 0.15) is 11.6 Å². The molecular weight excluding hydrogens is 319 g/mol. The van der Waals surface area contributed by atoms with Crippen LogP contribution in [0.4, 0.5) is 4.39 Å². The second-order valence-corrected chi connectivity index (χ2v) is 5.55. The van der Waals surface area contributed by atoms with E-state index in [2.05, 4.69) is 10.6 Å². The minimum absolute atomic E-state index is 0. The lowest BCUT2D eigenvalue weighted by atomic mass is 10.1. The van der Waals surface area contributed by atoms with Crippen molar-refractivity contribution >= 4 is 18.3 Å². The zero-order valence-electron chi connectivity index (χ0n) is 12.7. The van der Waals surface area contributed by atoms with E-state index >= 15 is 0 Å². The van der Waals surface area contributed by atoms with E-state index in [1.54, 1.807) is 30.3 Å². The van der Waals surface area contributed by atoms with Crippen LogP contribution in [0.15, 0.2) is 40.8 Å². The number of hydrogen-bond donors (Lipinski definition) is 2. The van der Waals surface area contributed by atoms with E-state index in [1.807, 2.05) is 0 Å². The van der Waals surface area contributed by atoms with E-state index in [9.17, 15) is 9.18 Å². The molecule has 1 aliphatic rings. The number of nitrogens with one attached hydrogen (secondary N) is 2. The lowest BCUT2D eigenvalue weighted by Crippen LogP contribution is -2.26. The molecule has 23 heavy (non-hydrogen) atoms. The SMILES string of the molecule is Cl.O=C(NCCC1CCNC1)c1ccc(-c2ccccc2F)o1. The van der Waals surface area contributed by atoms with Gasteiger partial charge in [-0.1, -0.05) is 12.1 Å². The summed E-state index contributed by atoms with van der Waals surface area (Å²) >= 11 is 0. The molecule has 2 N–H and O–H groups in total. The summed E-state index contributed by atoms with van der Waals surface area (Å²) in [5.41, 5.74) is 0.360. The summed E-state index contributed by atoms with van der Waals surface area (Å²) in [7, 11) is 0. The number of carbonyl (C=O) groups excluding carboxylic acids is 1. The van der Waals surface area contributed by atoms with E-state index in [0.717, 1.165) is 25.9 Å². The molecule has 0 aliphatic carbocycles. The smallest absolute Gasteiger partial charge is 0.287 e. The first-order chi connectivity index (χ1) is 10.7. The first kappa shape index (κ1) is 17.5. The Bertz CT molecular complexity index is 654. The highest BCUT2D eigenvalue weighted by atomic mass is 35.5. The van der Waals surface area contributed by atoms with Crippen LogP contribution in [0.3, 0.4) is 0 Å². The summed E-state index contributed by atoms with van der Waals surface area (Å²) in [6, 6.07) is 9.54. The topological polar surface area (TPSA) is 54.3 Å². The van der Waals surface area contributed by atoms with Crippen molar-refractivity contribution in [2.45, 2.75) is 12.8 Å². The molecule has 0 saturated carbocycles. The van der Waals surface area contributed by atoms with Crippen LogP contribution in [0.2, 0.25) is 0 Å². The van der Waals surface area contributed by atoms with Gasteiger partial charge in [-0.25, -0.2) is 4.39 Å². The van der Waals surface area contributed by atoms with Crippen LogP contribution in [0, 0.1) is 11.7 Å². The van der Waals surface area contributed by atoms with Crippen molar-refractivity contribution in [3.63, 3.8) is 0 Å². The standard InChI is InChI=1S/C17H19FN2O2.ClH/c18-14-4-2-1-3-13(14)15-5-6-16(22-15)17(21)20-10-8-12-7-9-19-11-12;/h1-6,12,19H,7-11H2,(H,20,21);1H. The molecule has 2 heterocycles. The summed E-state index contributed by atoms with van der Waals surface area (Å²) in [5, 5.41) is 6.15. The molecule has 4 nitrogen and oxygen atoms in total. The molecule has 1 atom stereocenters. The van der Waals surface area contributed by atoms with Gasteiger partial charge in [0, 0.05) is 6.54 Å². The number of carbonyl (C=O) groups is 1. The largest absolute Gasteiger partial charge is 0.451 e. The number of hydrogen-bond acceptors (Lipinski definition) is 3. The molecule has 2 aromatic rings. The molecule has 3 rings (SSSR count). The van der Waals surface area contributed by atoms with E-state index in [4.69, 9.17) is 4.42 Å². The van der Waals surface area contributed by atoms with E-state index in [0.29, 0.717) is 23.8 Å². The zero-order chi connectivity index (χ0) is 15.4. The highest BCUT2D eigenvalue weighted by Crippen LogP contribution is 2.24. The number of furan rings is 1. The summed E-state index contributed by atoms with van der Waals surface area (Å²) in [6.45, 7) is 2.71. The quantitative estimate of drug-likeness (QED) is 0.880. The van der Waals surface area contributed by atoms with Crippen LogP contribution in [0.1, 0.15) is 23.4 Å². The van der Waals surface area contributed by atoms with Crippen molar-refractivity contribution in [1.29, 1.82) is 0 Å². The molecule has 1 aromatic heterocycles. The number of halogens is 2. The van der Waals surface area contributed by atoms with Crippen LogP contribution in [0.5, 0.6) is 0 Å². The number of benzene rings is 1. The molecule has 0 spiro atoms. The van der Waals surface area contributed by atoms with Crippen LogP contribution in [-0.4, -0.2) is 25.5 Å². The zero-order valence-corrected chi connectivity index (χ0v) is 13.5. The Labute approximate surface area is 140 Å².